The van der Waals surface area contributed by atoms with Crippen molar-refractivity contribution in [3.63, 3.8) is 0 Å². The number of nitrogens with zero attached hydrogens (tertiary/aromatic N) is 3. The molecule has 1 amide bonds. The zero-order valence-electron chi connectivity index (χ0n) is 12.6. The van der Waals surface area contributed by atoms with Gasteiger partial charge in [-0.1, -0.05) is 6.07 Å². The molecule has 7 heteroatoms. The number of rotatable bonds is 3. The summed E-state index contributed by atoms with van der Waals surface area (Å²) in [7, 11) is 0. The first-order chi connectivity index (χ1) is 11.0. The van der Waals surface area contributed by atoms with E-state index in [9.17, 15) is 13.6 Å². The normalized spacial score (nSPS) is 14.1. The average molecular weight is 318 g/mol. The van der Waals surface area contributed by atoms with Gasteiger partial charge < -0.3 is 10.2 Å². The molecule has 0 aliphatic carbocycles. The van der Waals surface area contributed by atoms with E-state index in [-0.39, 0.29) is 5.69 Å². The van der Waals surface area contributed by atoms with E-state index in [0.29, 0.717) is 11.6 Å². The summed E-state index contributed by atoms with van der Waals surface area (Å²) in [6, 6.07) is 4.95. The van der Waals surface area contributed by atoms with Gasteiger partial charge in [0.05, 0.1) is 0 Å². The van der Waals surface area contributed by atoms with Crippen LogP contribution in [0.25, 0.3) is 0 Å². The minimum atomic E-state index is -0.830. The molecule has 3 rings (SSSR count). The van der Waals surface area contributed by atoms with Crippen LogP contribution in [0.15, 0.2) is 24.3 Å². The Bertz CT molecular complexity index is 725. The van der Waals surface area contributed by atoms with Crippen LogP contribution in [0.4, 0.5) is 20.3 Å². The number of para-hydroxylation sites is 1. The van der Waals surface area contributed by atoms with Gasteiger partial charge in [0.2, 0.25) is 0 Å². The van der Waals surface area contributed by atoms with Crippen LogP contribution in [0.2, 0.25) is 0 Å². The Morgan fingerprint density at radius 3 is 2.48 bits per heavy atom. The molecule has 1 aliphatic rings. The molecule has 0 radical (unpaired) electrons. The molecule has 5 nitrogen and oxygen atoms in total. The van der Waals surface area contributed by atoms with E-state index >= 15 is 0 Å². The summed E-state index contributed by atoms with van der Waals surface area (Å²) in [5.74, 6) is -1.23. The fourth-order valence-corrected chi connectivity index (χ4v) is 2.57. The molecule has 0 bridgehead atoms. The first-order valence-corrected chi connectivity index (χ1v) is 7.40. The molecule has 0 atom stereocenters. The molecule has 120 valence electrons. The highest BCUT2D eigenvalue weighted by atomic mass is 19.1. The topological polar surface area (TPSA) is 58.1 Å². The number of aromatic nitrogens is 2. The van der Waals surface area contributed by atoms with Crippen LogP contribution in [0.1, 0.15) is 29.2 Å². The van der Waals surface area contributed by atoms with Gasteiger partial charge in [-0.2, -0.15) is 0 Å². The number of benzene rings is 1. The lowest BCUT2D eigenvalue weighted by Gasteiger charge is -2.17. The number of carbonyl (C=O) groups is 1. The Balaban J connectivity index is 1.87. The highest BCUT2D eigenvalue weighted by Crippen LogP contribution is 2.21. The second-order valence-electron chi connectivity index (χ2n) is 5.40. The number of amides is 1. The molecular formula is C16H16F2N4O. The molecule has 0 saturated carbocycles. The van der Waals surface area contributed by atoms with Crippen LogP contribution in [0.5, 0.6) is 0 Å². The van der Waals surface area contributed by atoms with Crippen molar-refractivity contribution in [2.24, 2.45) is 0 Å². The number of anilines is 2. The predicted molar refractivity (Wildman–Crippen MR) is 82.5 cm³/mol. The summed E-state index contributed by atoms with van der Waals surface area (Å²) >= 11 is 0. The van der Waals surface area contributed by atoms with Crippen molar-refractivity contribution in [3.8, 4) is 0 Å². The third-order valence-corrected chi connectivity index (χ3v) is 3.69. The highest BCUT2D eigenvalue weighted by Gasteiger charge is 2.19. The number of hydrogen-bond donors (Lipinski definition) is 1. The Hall–Kier alpha value is -2.57. The standard InChI is InChI=1S/C16H16F2N4O/c1-10-19-13(9-14(20-10)22-7-2-3-8-22)16(23)21-15-11(17)5-4-6-12(15)18/h4-6,9H,2-3,7-8H2,1H3,(H,21,23). The van der Waals surface area contributed by atoms with Gasteiger partial charge in [0, 0.05) is 19.2 Å². The zero-order chi connectivity index (χ0) is 16.4. The molecule has 1 aromatic carbocycles. The van der Waals surface area contributed by atoms with E-state index in [0.717, 1.165) is 38.1 Å². The number of hydrogen-bond acceptors (Lipinski definition) is 4. The van der Waals surface area contributed by atoms with Gasteiger partial charge in [-0.05, 0) is 31.9 Å². The van der Waals surface area contributed by atoms with Crippen LogP contribution >= 0.6 is 0 Å². The zero-order valence-corrected chi connectivity index (χ0v) is 12.6. The average Bonchev–Trinajstić information content (AvgIpc) is 3.04. The van der Waals surface area contributed by atoms with E-state index in [4.69, 9.17) is 0 Å². The predicted octanol–water partition coefficient (Wildman–Crippen LogP) is 2.92. The molecular weight excluding hydrogens is 302 g/mol. The Labute approximate surface area is 132 Å². The van der Waals surface area contributed by atoms with E-state index in [2.05, 4.69) is 20.2 Å². The summed E-state index contributed by atoms with van der Waals surface area (Å²) in [6.07, 6.45) is 2.15. The Morgan fingerprint density at radius 2 is 1.83 bits per heavy atom. The van der Waals surface area contributed by atoms with Gasteiger partial charge in [0.15, 0.2) is 0 Å². The number of aryl methyl sites for hydroxylation is 1. The maximum atomic E-state index is 13.6. The number of carbonyl (C=O) groups excluding carboxylic acids is 1. The number of nitrogens with one attached hydrogen (secondary N) is 1. The van der Waals surface area contributed by atoms with Crippen LogP contribution in [0.3, 0.4) is 0 Å². The van der Waals surface area contributed by atoms with E-state index in [1.54, 1.807) is 13.0 Å². The fraction of sp³-hybridized carbons (Fsp3) is 0.312. The molecule has 2 heterocycles. The van der Waals surface area contributed by atoms with Crippen LogP contribution < -0.4 is 10.2 Å². The van der Waals surface area contributed by atoms with Crippen molar-refractivity contribution in [1.82, 2.24) is 9.97 Å². The summed E-state index contributed by atoms with van der Waals surface area (Å²) in [5, 5.41) is 2.24. The second-order valence-corrected chi connectivity index (χ2v) is 5.40. The molecule has 1 N–H and O–H groups in total. The van der Waals surface area contributed by atoms with Gasteiger partial charge in [-0.15, -0.1) is 0 Å². The van der Waals surface area contributed by atoms with Crippen LogP contribution in [-0.4, -0.2) is 29.0 Å². The van der Waals surface area contributed by atoms with Gasteiger partial charge in [-0.25, -0.2) is 18.7 Å². The summed E-state index contributed by atoms with van der Waals surface area (Å²) in [6.45, 7) is 3.43. The molecule has 23 heavy (non-hydrogen) atoms. The Morgan fingerprint density at radius 1 is 1.17 bits per heavy atom. The van der Waals surface area contributed by atoms with Crippen molar-refractivity contribution in [2.45, 2.75) is 19.8 Å². The molecule has 2 aromatic rings. The summed E-state index contributed by atoms with van der Waals surface area (Å²) in [4.78, 5) is 22.7. The maximum absolute atomic E-state index is 13.6. The summed E-state index contributed by atoms with van der Waals surface area (Å²) in [5.41, 5.74) is -0.390. The minimum Gasteiger partial charge on any atom is -0.356 e. The smallest absolute Gasteiger partial charge is 0.274 e. The second kappa shape index (κ2) is 6.28. The minimum absolute atomic E-state index is 0.0852. The van der Waals surface area contributed by atoms with Crippen LogP contribution in [-0.2, 0) is 0 Å². The van der Waals surface area contributed by atoms with Crippen molar-refractivity contribution in [2.75, 3.05) is 23.3 Å². The van der Waals surface area contributed by atoms with Gasteiger partial charge in [0.25, 0.3) is 5.91 Å². The third kappa shape index (κ3) is 3.28. The largest absolute Gasteiger partial charge is 0.356 e. The third-order valence-electron chi connectivity index (χ3n) is 3.69. The lowest BCUT2D eigenvalue weighted by Crippen LogP contribution is -2.22. The molecule has 1 aromatic heterocycles. The molecule has 1 fully saturated rings. The van der Waals surface area contributed by atoms with Crippen molar-refractivity contribution in [3.05, 3.63) is 47.4 Å². The van der Waals surface area contributed by atoms with E-state index < -0.39 is 23.2 Å². The summed E-state index contributed by atoms with van der Waals surface area (Å²) < 4.78 is 27.3. The van der Waals surface area contributed by atoms with Gasteiger partial charge in [-0.3, -0.25) is 4.79 Å². The monoisotopic (exact) mass is 318 g/mol. The van der Waals surface area contributed by atoms with Crippen molar-refractivity contribution >= 4 is 17.4 Å². The maximum Gasteiger partial charge on any atom is 0.274 e. The fourth-order valence-electron chi connectivity index (χ4n) is 2.57. The van der Waals surface area contributed by atoms with Crippen molar-refractivity contribution in [1.29, 1.82) is 0 Å². The highest BCUT2D eigenvalue weighted by molar-refractivity contribution is 6.03. The number of halogens is 2. The first kappa shape index (κ1) is 15.3. The lowest BCUT2D eigenvalue weighted by molar-refractivity contribution is 0.102. The SMILES string of the molecule is Cc1nc(C(=O)Nc2c(F)cccc2F)cc(N2CCCC2)n1. The van der Waals surface area contributed by atoms with Crippen LogP contribution in [0, 0.1) is 18.6 Å². The lowest BCUT2D eigenvalue weighted by atomic mass is 10.2. The molecule has 1 aliphatic heterocycles. The first-order valence-electron chi connectivity index (χ1n) is 7.40. The van der Waals surface area contributed by atoms with Crippen molar-refractivity contribution < 1.29 is 13.6 Å². The Kier molecular flexibility index (Phi) is 4.18. The molecule has 0 spiro atoms. The molecule has 1 saturated heterocycles. The van der Waals surface area contributed by atoms with Gasteiger partial charge >= 0.3 is 0 Å². The molecule has 0 unspecified atom stereocenters. The van der Waals surface area contributed by atoms with E-state index in [1.165, 1.54) is 6.07 Å². The van der Waals surface area contributed by atoms with Gasteiger partial charge in [0.1, 0.15) is 34.7 Å². The quantitative estimate of drug-likeness (QED) is 0.945. The van der Waals surface area contributed by atoms with E-state index in [1.807, 2.05) is 0 Å².